The van der Waals surface area contributed by atoms with Gasteiger partial charge in [-0.1, -0.05) is 12.1 Å². The summed E-state index contributed by atoms with van der Waals surface area (Å²) in [6.07, 6.45) is 3.38. The van der Waals surface area contributed by atoms with Crippen LogP contribution in [0.1, 0.15) is 34.8 Å². The summed E-state index contributed by atoms with van der Waals surface area (Å²) in [5.74, 6) is -0.619. The van der Waals surface area contributed by atoms with Crippen LogP contribution < -0.4 is 16.4 Å². The normalized spacial score (nSPS) is 13.9. The number of carbonyl (C=O) groups is 2. The summed E-state index contributed by atoms with van der Waals surface area (Å²) in [4.78, 5) is 23.6. The Morgan fingerprint density at radius 1 is 1.04 bits per heavy atom. The highest BCUT2D eigenvalue weighted by Gasteiger charge is 2.15. The van der Waals surface area contributed by atoms with Crippen LogP contribution in [0.3, 0.4) is 0 Å². The van der Waals surface area contributed by atoms with Crippen molar-refractivity contribution in [2.24, 2.45) is 5.73 Å². The Morgan fingerprint density at radius 3 is 2.62 bits per heavy atom. The van der Waals surface area contributed by atoms with Gasteiger partial charge < -0.3 is 16.4 Å². The molecule has 1 aliphatic carbocycles. The van der Waals surface area contributed by atoms with E-state index in [2.05, 4.69) is 22.8 Å². The van der Waals surface area contributed by atoms with Crippen molar-refractivity contribution in [3.05, 3.63) is 59.2 Å². The van der Waals surface area contributed by atoms with Gasteiger partial charge in [-0.15, -0.1) is 0 Å². The molecule has 1 unspecified atom stereocenters. The predicted molar refractivity (Wildman–Crippen MR) is 95.1 cm³/mol. The minimum absolute atomic E-state index is 0.127. The van der Waals surface area contributed by atoms with Gasteiger partial charge in [-0.2, -0.15) is 0 Å². The fourth-order valence-electron chi connectivity index (χ4n) is 2.98. The molecule has 4 N–H and O–H groups in total. The number of aryl methyl sites for hydroxylation is 2. The summed E-state index contributed by atoms with van der Waals surface area (Å²) in [6, 6.07) is 12.5. The van der Waals surface area contributed by atoms with E-state index < -0.39 is 11.9 Å². The first-order chi connectivity index (χ1) is 11.5. The number of nitrogens with two attached hydrogens (primary N) is 1. The first-order valence-corrected chi connectivity index (χ1v) is 8.12. The highest BCUT2D eigenvalue weighted by atomic mass is 16.2. The molecule has 5 nitrogen and oxygen atoms in total. The minimum Gasteiger partial charge on any atom is -0.374 e. The third-order valence-corrected chi connectivity index (χ3v) is 4.29. The standard InChI is InChI=1S/C19H21N3O2/c1-12(21-16-7-3-6-15(11-16)18(20)23)19(24)22-17-9-8-13-4-2-5-14(13)10-17/h3,6-12,21H,2,4-5H2,1H3,(H2,20,23)(H,22,24). The second kappa shape index (κ2) is 6.74. The van der Waals surface area contributed by atoms with Crippen LogP contribution in [-0.4, -0.2) is 17.9 Å². The highest BCUT2D eigenvalue weighted by Crippen LogP contribution is 2.25. The van der Waals surface area contributed by atoms with E-state index in [4.69, 9.17) is 5.73 Å². The fourth-order valence-corrected chi connectivity index (χ4v) is 2.98. The van der Waals surface area contributed by atoms with Gasteiger partial charge in [-0.05, 0) is 67.6 Å². The molecule has 1 aliphatic rings. The van der Waals surface area contributed by atoms with E-state index in [1.807, 2.05) is 6.07 Å². The molecular weight excluding hydrogens is 302 g/mol. The van der Waals surface area contributed by atoms with Crippen molar-refractivity contribution in [2.75, 3.05) is 10.6 Å². The molecule has 24 heavy (non-hydrogen) atoms. The van der Waals surface area contributed by atoms with Gasteiger partial charge in [-0.3, -0.25) is 9.59 Å². The largest absolute Gasteiger partial charge is 0.374 e. The molecule has 0 saturated carbocycles. The number of benzene rings is 2. The first-order valence-electron chi connectivity index (χ1n) is 8.12. The maximum absolute atomic E-state index is 12.4. The molecule has 2 aromatic carbocycles. The third-order valence-electron chi connectivity index (χ3n) is 4.29. The van der Waals surface area contributed by atoms with Gasteiger partial charge in [0.15, 0.2) is 0 Å². The lowest BCUT2D eigenvalue weighted by Crippen LogP contribution is -2.32. The molecule has 0 saturated heterocycles. The molecule has 0 aromatic heterocycles. The molecule has 0 radical (unpaired) electrons. The Hall–Kier alpha value is -2.82. The van der Waals surface area contributed by atoms with E-state index in [9.17, 15) is 9.59 Å². The van der Waals surface area contributed by atoms with Gasteiger partial charge in [0, 0.05) is 16.9 Å². The topological polar surface area (TPSA) is 84.2 Å². The molecular formula is C19H21N3O2. The zero-order chi connectivity index (χ0) is 17.1. The molecule has 2 amide bonds. The number of nitrogens with one attached hydrogen (secondary N) is 2. The van der Waals surface area contributed by atoms with Crippen LogP contribution in [0, 0.1) is 0 Å². The smallest absolute Gasteiger partial charge is 0.248 e. The molecule has 0 fully saturated rings. The Kier molecular flexibility index (Phi) is 4.51. The molecule has 124 valence electrons. The Morgan fingerprint density at radius 2 is 1.83 bits per heavy atom. The van der Waals surface area contributed by atoms with Gasteiger partial charge in [0.05, 0.1) is 0 Å². The van der Waals surface area contributed by atoms with E-state index in [0.717, 1.165) is 18.5 Å². The number of hydrogen-bond acceptors (Lipinski definition) is 3. The maximum Gasteiger partial charge on any atom is 0.248 e. The number of rotatable bonds is 5. The number of primary amides is 1. The van der Waals surface area contributed by atoms with Crippen molar-refractivity contribution in [3.63, 3.8) is 0 Å². The predicted octanol–water partition coefficient (Wildman–Crippen LogP) is 2.71. The number of anilines is 2. The molecule has 2 aromatic rings. The Balaban J connectivity index is 1.64. The van der Waals surface area contributed by atoms with Crippen LogP contribution in [0.15, 0.2) is 42.5 Å². The van der Waals surface area contributed by atoms with Crippen molar-refractivity contribution in [1.29, 1.82) is 0 Å². The van der Waals surface area contributed by atoms with Crippen molar-refractivity contribution in [2.45, 2.75) is 32.2 Å². The monoisotopic (exact) mass is 323 g/mol. The summed E-state index contributed by atoms with van der Waals surface area (Å²) >= 11 is 0. The summed E-state index contributed by atoms with van der Waals surface area (Å²) < 4.78 is 0. The van der Waals surface area contributed by atoms with Crippen molar-refractivity contribution in [1.82, 2.24) is 0 Å². The van der Waals surface area contributed by atoms with Gasteiger partial charge >= 0.3 is 0 Å². The van der Waals surface area contributed by atoms with Crippen molar-refractivity contribution < 1.29 is 9.59 Å². The van der Waals surface area contributed by atoms with Crippen LogP contribution in [-0.2, 0) is 17.6 Å². The van der Waals surface area contributed by atoms with Crippen LogP contribution in [0.5, 0.6) is 0 Å². The van der Waals surface area contributed by atoms with Gasteiger partial charge in [0.1, 0.15) is 6.04 Å². The van der Waals surface area contributed by atoms with E-state index in [1.165, 1.54) is 17.5 Å². The first kappa shape index (κ1) is 16.1. The zero-order valence-corrected chi connectivity index (χ0v) is 13.6. The van der Waals surface area contributed by atoms with Crippen LogP contribution in [0.25, 0.3) is 0 Å². The summed E-state index contributed by atoms with van der Waals surface area (Å²) in [6.45, 7) is 1.78. The number of amides is 2. The van der Waals surface area contributed by atoms with E-state index in [-0.39, 0.29) is 5.91 Å². The third kappa shape index (κ3) is 3.56. The molecule has 0 bridgehead atoms. The van der Waals surface area contributed by atoms with Crippen molar-refractivity contribution >= 4 is 23.2 Å². The minimum atomic E-state index is -0.492. The fraction of sp³-hybridized carbons (Fsp3) is 0.263. The number of hydrogen-bond donors (Lipinski definition) is 3. The second-order valence-corrected chi connectivity index (χ2v) is 6.14. The zero-order valence-electron chi connectivity index (χ0n) is 13.6. The van der Waals surface area contributed by atoms with E-state index in [0.29, 0.717) is 11.3 Å². The number of fused-ring (bicyclic) bond motifs is 1. The van der Waals surface area contributed by atoms with Crippen LogP contribution in [0.4, 0.5) is 11.4 Å². The average molecular weight is 323 g/mol. The summed E-state index contributed by atoms with van der Waals surface area (Å²) in [7, 11) is 0. The van der Waals surface area contributed by atoms with Crippen LogP contribution >= 0.6 is 0 Å². The Bertz CT molecular complexity index is 786. The lowest BCUT2D eigenvalue weighted by molar-refractivity contribution is -0.116. The van der Waals surface area contributed by atoms with Gasteiger partial charge in [0.2, 0.25) is 11.8 Å². The molecule has 1 atom stereocenters. The van der Waals surface area contributed by atoms with Crippen LogP contribution in [0.2, 0.25) is 0 Å². The SMILES string of the molecule is CC(Nc1cccc(C(N)=O)c1)C(=O)Nc1ccc2c(c1)CCC2. The molecule has 0 heterocycles. The summed E-state index contributed by atoms with van der Waals surface area (Å²) in [5, 5.41) is 6.03. The summed E-state index contributed by atoms with van der Waals surface area (Å²) in [5.41, 5.74) is 9.88. The van der Waals surface area contributed by atoms with Gasteiger partial charge in [-0.25, -0.2) is 0 Å². The molecule has 5 heteroatoms. The van der Waals surface area contributed by atoms with Crippen molar-refractivity contribution in [3.8, 4) is 0 Å². The van der Waals surface area contributed by atoms with E-state index >= 15 is 0 Å². The molecule has 0 spiro atoms. The quantitative estimate of drug-likeness (QED) is 0.791. The molecule has 3 rings (SSSR count). The lowest BCUT2D eigenvalue weighted by atomic mass is 10.1. The number of carbonyl (C=O) groups excluding carboxylic acids is 2. The average Bonchev–Trinajstić information content (AvgIpc) is 3.02. The second-order valence-electron chi connectivity index (χ2n) is 6.14. The van der Waals surface area contributed by atoms with Gasteiger partial charge in [0.25, 0.3) is 0 Å². The Labute approximate surface area is 141 Å². The molecule has 0 aliphatic heterocycles. The lowest BCUT2D eigenvalue weighted by Gasteiger charge is -2.16. The maximum atomic E-state index is 12.4. The van der Waals surface area contributed by atoms with E-state index in [1.54, 1.807) is 31.2 Å². The highest BCUT2D eigenvalue weighted by molar-refractivity contribution is 5.97.